The minimum Gasteiger partial charge on any atom is -0.479 e. The molecule has 2 fully saturated rings. The van der Waals surface area contributed by atoms with Crippen molar-refractivity contribution < 1.29 is 23.8 Å². The molecule has 3 aliphatic rings. The van der Waals surface area contributed by atoms with E-state index >= 15 is 0 Å². The normalized spacial score (nSPS) is 26.2. The molecule has 28 heavy (non-hydrogen) atoms. The number of benzene rings is 1. The largest absolute Gasteiger partial charge is 0.479 e. The molecule has 1 saturated carbocycles. The topological polar surface area (TPSA) is 108 Å². The second-order valence-electron chi connectivity index (χ2n) is 7.55. The number of ether oxygens (including phenoxy) is 1. The van der Waals surface area contributed by atoms with Crippen molar-refractivity contribution in [1.29, 1.82) is 5.26 Å². The Hall–Kier alpha value is -3.18. The van der Waals surface area contributed by atoms with Gasteiger partial charge in [-0.05, 0) is 49.4 Å². The number of carboxylic acids is 1. The van der Waals surface area contributed by atoms with Crippen LogP contribution in [-0.2, 0) is 16.0 Å². The summed E-state index contributed by atoms with van der Waals surface area (Å²) in [4.78, 5) is 24.3. The summed E-state index contributed by atoms with van der Waals surface area (Å²) < 4.78 is 20.9. The molecule has 1 aromatic heterocycles. The molecule has 3 heterocycles. The predicted molar refractivity (Wildman–Crippen MR) is 94.3 cm³/mol. The zero-order valence-electron chi connectivity index (χ0n) is 14.9. The van der Waals surface area contributed by atoms with Gasteiger partial charge in [-0.15, -0.1) is 0 Å². The second kappa shape index (κ2) is 5.66. The first-order chi connectivity index (χ1) is 13.4. The lowest BCUT2D eigenvalue weighted by Crippen LogP contribution is -2.18. The number of aromatic nitrogens is 1. The van der Waals surface area contributed by atoms with E-state index in [4.69, 9.17) is 10.00 Å². The van der Waals surface area contributed by atoms with Crippen LogP contribution in [0.4, 0.5) is 10.1 Å². The van der Waals surface area contributed by atoms with E-state index in [1.165, 1.54) is 12.1 Å². The molecular formula is C20H16FN3O4. The van der Waals surface area contributed by atoms with E-state index in [0.717, 1.165) is 30.2 Å². The lowest BCUT2D eigenvalue weighted by molar-refractivity contribution is -0.138. The van der Waals surface area contributed by atoms with Crippen molar-refractivity contribution in [3.8, 4) is 6.07 Å². The molecule has 142 valence electrons. The summed E-state index contributed by atoms with van der Waals surface area (Å²) in [5, 5.41) is 20.9. The summed E-state index contributed by atoms with van der Waals surface area (Å²) in [6, 6.07) is 5.85. The first kappa shape index (κ1) is 17.0. The monoisotopic (exact) mass is 381 g/mol. The van der Waals surface area contributed by atoms with Crippen molar-refractivity contribution >= 4 is 17.6 Å². The third-order valence-electron chi connectivity index (χ3n) is 5.85. The molecule has 1 aliphatic carbocycles. The van der Waals surface area contributed by atoms with Crippen LogP contribution in [0.1, 0.15) is 51.4 Å². The molecule has 1 amide bonds. The smallest absolute Gasteiger partial charge is 0.335 e. The number of nitrogens with zero attached hydrogens (tertiary/aromatic N) is 2. The molecule has 4 atom stereocenters. The first-order valence-electron chi connectivity index (χ1n) is 9.03. The Balaban J connectivity index is 1.51. The predicted octanol–water partition coefficient (Wildman–Crippen LogP) is 2.70. The average Bonchev–Trinajstić information content (AvgIpc) is 3.54. The maximum atomic E-state index is 13.5. The van der Waals surface area contributed by atoms with Crippen LogP contribution in [0.2, 0.25) is 0 Å². The Kier molecular flexibility index (Phi) is 3.43. The molecule has 2 N–H and O–H groups in total. The van der Waals surface area contributed by atoms with Gasteiger partial charge in [0.1, 0.15) is 23.7 Å². The third-order valence-corrected chi connectivity index (χ3v) is 5.85. The van der Waals surface area contributed by atoms with Gasteiger partial charge in [-0.3, -0.25) is 4.79 Å². The van der Waals surface area contributed by atoms with E-state index in [0.29, 0.717) is 22.9 Å². The summed E-state index contributed by atoms with van der Waals surface area (Å²) >= 11 is 0. The van der Waals surface area contributed by atoms with E-state index in [2.05, 4.69) is 5.32 Å². The van der Waals surface area contributed by atoms with Gasteiger partial charge in [-0.1, -0.05) is 0 Å². The van der Waals surface area contributed by atoms with Gasteiger partial charge in [0.25, 0.3) is 5.91 Å². The number of hydrogen-bond acceptors (Lipinski definition) is 4. The number of fused-ring (bicyclic) bond motifs is 3. The Bertz CT molecular complexity index is 1100. The lowest BCUT2D eigenvalue weighted by atomic mass is 10.0. The molecular weight excluding hydrogens is 365 g/mol. The zero-order valence-corrected chi connectivity index (χ0v) is 14.9. The Morgan fingerprint density at radius 1 is 1.43 bits per heavy atom. The fraction of sp³-hybridized carbons (Fsp3) is 0.350. The Morgan fingerprint density at radius 3 is 2.89 bits per heavy atom. The summed E-state index contributed by atoms with van der Waals surface area (Å²) in [7, 11) is 0. The fourth-order valence-corrected chi connectivity index (χ4v) is 4.44. The minimum absolute atomic E-state index is 0.145. The van der Waals surface area contributed by atoms with Crippen molar-refractivity contribution in [1.82, 2.24) is 4.57 Å². The summed E-state index contributed by atoms with van der Waals surface area (Å²) in [6.07, 6.45) is 0.432. The van der Waals surface area contributed by atoms with Crippen LogP contribution in [0.3, 0.4) is 0 Å². The molecule has 8 heteroatoms. The number of rotatable bonds is 4. The number of halogens is 1. The van der Waals surface area contributed by atoms with Crippen molar-refractivity contribution in [2.45, 2.75) is 38.0 Å². The number of aliphatic carboxylic acids is 1. The molecule has 0 bridgehead atoms. The Morgan fingerprint density at radius 2 is 2.21 bits per heavy atom. The van der Waals surface area contributed by atoms with Gasteiger partial charge in [0, 0.05) is 23.0 Å². The average molecular weight is 381 g/mol. The third kappa shape index (κ3) is 2.36. The summed E-state index contributed by atoms with van der Waals surface area (Å²) in [5.41, 5.74) is 3.17. The molecule has 4 unspecified atom stereocenters. The van der Waals surface area contributed by atoms with E-state index in [-0.39, 0.29) is 17.5 Å². The van der Waals surface area contributed by atoms with Gasteiger partial charge >= 0.3 is 5.97 Å². The van der Waals surface area contributed by atoms with Crippen LogP contribution < -0.4 is 5.32 Å². The van der Waals surface area contributed by atoms with Crippen LogP contribution >= 0.6 is 0 Å². The van der Waals surface area contributed by atoms with Crippen molar-refractivity contribution in [3.63, 3.8) is 0 Å². The van der Waals surface area contributed by atoms with Gasteiger partial charge < -0.3 is 19.7 Å². The molecule has 0 spiro atoms. The quantitative estimate of drug-likeness (QED) is 0.792. The number of anilines is 1. The van der Waals surface area contributed by atoms with Gasteiger partial charge in [0.2, 0.25) is 0 Å². The highest BCUT2D eigenvalue weighted by atomic mass is 19.1. The maximum absolute atomic E-state index is 13.5. The van der Waals surface area contributed by atoms with Crippen molar-refractivity contribution in [3.05, 3.63) is 52.1 Å². The highest BCUT2D eigenvalue weighted by Crippen LogP contribution is 2.57. The van der Waals surface area contributed by atoms with E-state index < -0.39 is 24.0 Å². The number of carbonyl (C=O) groups excluding carboxylic acids is 1. The van der Waals surface area contributed by atoms with Gasteiger partial charge in [0.15, 0.2) is 6.10 Å². The number of hydrogen-bond donors (Lipinski definition) is 2. The number of carboxylic acid groups (broad SMARTS) is 1. The van der Waals surface area contributed by atoms with E-state index in [1.807, 2.05) is 4.57 Å². The molecule has 7 nitrogen and oxygen atoms in total. The summed E-state index contributed by atoms with van der Waals surface area (Å²) in [5.74, 6) is -1.53. The first-order valence-corrected chi connectivity index (χ1v) is 9.03. The molecule has 2 aromatic rings. The molecule has 1 saturated heterocycles. The number of amides is 1. The SMILES string of the molecule is Cc1c(C2OC2C(=O)O)c2n(c1C(=O)Nc1ccc(F)c(C#N)c1)C1CC1C2. The van der Waals surface area contributed by atoms with E-state index in [9.17, 15) is 19.1 Å². The molecule has 2 aliphatic heterocycles. The van der Waals surface area contributed by atoms with Crippen LogP contribution in [0.15, 0.2) is 18.2 Å². The number of nitrogens with one attached hydrogen (secondary N) is 1. The fourth-order valence-electron chi connectivity index (χ4n) is 4.44. The lowest BCUT2D eigenvalue weighted by Gasteiger charge is -2.10. The molecule has 1 aromatic carbocycles. The number of nitriles is 1. The van der Waals surface area contributed by atoms with E-state index in [1.54, 1.807) is 13.0 Å². The number of epoxide rings is 1. The highest BCUT2D eigenvalue weighted by molar-refractivity contribution is 6.05. The van der Waals surface area contributed by atoms with Crippen LogP contribution in [0.25, 0.3) is 0 Å². The van der Waals surface area contributed by atoms with Crippen LogP contribution in [0.5, 0.6) is 0 Å². The summed E-state index contributed by atoms with van der Waals surface area (Å²) in [6.45, 7) is 1.80. The van der Waals surface area contributed by atoms with Gasteiger partial charge in [-0.2, -0.15) is 5.26 Å². The standard InChI is InChI=1S/C20H16FN3O4/c1-8-15(17-18(28-17)20(26)27)14-6-9-5-13(9)24(14)16(8)19(25)23-11-2-3-12(21)10(4-11)7-22/h2-4,9,13,17-18H,5-6H2,1H3,(H,23,25)(H,26,27). The van der Waals surface area contributed by atoms with Crippen LogP contribution in [0, 0.1) is 30.0 Å². The van der Waals surface area contributed by atoms with Gasteiger partial charge in [-0.25, -0.2) is 9.18 Å². The molecule has 5 rings (SSSR count). The van der Waals surface area contributed by atoms with Crippen LogP contribution in [-0.4, -0.2) is 27.7 Å². The number of carbonyl (C=O) groups is 2. The Labute approximate surface area is 159 Å². The van der Waals surface area contributed by atoms with Crippen molar-refractivity contribution in [2.24, 2.45) is 5.92 Å². The molecule has 0 radical (unpaired) electrons. The van der Waals surface area contributed by atoms with Gasteiger partial charge in [0.05, 0.1) is 5.56 Å². The minimum atomic E-state index is -1.01. The maximum Gasteiger partial charge on any atom is 0.335 e. The van der Waals surface area contributed by atoms with Crippen molar-refractivity contribution in [2.75, 3.05) is 5.32 Å². The zero-order chi connectivity index (χ0) is 19.7. The highest BCUT2D eigenvalue weighted by Gasteiger charge is 2.55. The second-order valence-corrected chi connectivity index (χ2v) is 7.55.